The van der Waals surface area contributed by atoms with Gasteiger partial charge in [0.25, 0.3) is 0 Å². The number of hydrogen-bond donors (Lipinski definition) is 0. The van der Waals surface area contributed by atoms with Crippen molar-refractivity contribution in [3.63, 3.8) is 0 Å². The largest absolute Gasteiger partial charge is 0.455 e. The van der Waals surface area contributed by atoms with Crippen molar-refractivity contribution in [2.75, 3.05) is 0 Å². The van der Waals surface area contributed by atoms with Crippen LogP contribution < -0.4 is 0 Å². The van der Waals surface area contributed by atoms with Crippen LogP contribution in [-0.2, 0) is 9.53 Å². The van der Waals surface area contributed by atoms with Crippen molar-refractivity contribution >= 4 is 5.97 Å². The molecular formula is C16H26O2. The molecule has 0 aliphatic heterocycles. The Morgan fingerprint density at radius 3 is 2.56 bits per heavy atom. The third kappa shape index (κ3) is 2.10. The molecule has 0 heterocycles. The second-order valence-corrected chi connectivity index (χ2v) is 6.81. The Morgan fingerprint density at radius 1 is 1.22 bits per heavy atom. The molecule has 0 N–H and O–H groups in total. The van der Waals surface area contributed by atoms with Crippen molar-refractivity contribution in [1.29, 1.82) is 0 Å². The maximum absolute atomic E-state index is 11.7. The van der Waals surface area contributed by atoms with Gasteiger partial charge in [0, 0.05) is 17.4 Å². The highest BCUT2D eigenvalue weighted by Gasteiger charge is 2.55. The highest BCUT2D eigenvalue weighted by Crippen LogP contribution is 2.55. The van der Waals surface area contributed by atoms with Gasteiger partial charge in [-0.05, 0) is 32.1 Å². The third-order valence-electron chi connectivity index (χ3n) is 5.58. The number of ether oxygens (including phenoxy) is 1. The van der Waals surface area contributed by atoms with Crippen molar-refractivity contribution < 1.29 is 9.53 Å². The first-order valence-corrected chi connectivity index (χ1v) is 7.26. The van der Waals surface area contributed by atoms with Crippen LogP contribution in [0.2, 0.25) is 0 Å². The van der Waals surface area contributed by atoms with E-state index in [4.69, 9.17) is 4.74 Å². The van der Waals surface area contributed by atoms with Gasteiger partial charge in [-0.3, -0.25) is 0 Å². The van der Waals surface area contributed by atoms with Crippen LogP contribution in [0.5, 0.6) is 0 Å². The number of carbonyl (C=O) groups is 1. The molecule has 0 bridgehead atoms. The fraction of sp³-hybridized carbons (Fsp3) is 0.812. The SMILES string of the molecule is C=CC(=O)OC1(C)C2CCCCC2CCC1(C)C. The lowest BCUT2D eigenvalue weighted by atomic mass is 9.54. The molecule has 0 radical (unpaired) electrons. The monoisotopic (exact) mass is 250 g/mol. The zero-order valence-corrected chi connectivity index (χ0v) is 12.0. The van der Waals surface area contributed by atoms with Gasteiger partial charge in [0.2, 0.25) is 0 Å². The summed E-state index contributed by atoms with van der Waals surface area (Å²) in [6.45, 7) is 10.2. The molecule has 2 aliphatic carbocycles. The molecule has 2 fully saturated rings. The summed E-state index contributed by atoms with van der Waals surface area (Å²) in [6.07, 6.45) is 8.87. The number of fused-ring (bicyclic) bond motifs is 1. The molecule has 18 heavy (non-hydrogen) atoms. The molecule has 0 amide bonds. The lowest BCUT2D eigenvalue weighted by molar-refractivity contribution is -0.197. The summed E-state index contributed by atoms with van der Waals surface area (Å²) < 4.78 is 5.86. The molecule has 2 saturated carbocycles. The Kier molecular flexibility index (Phi) is 3.57. The fourth-order valence-corrected chi connectivity index (χ4v) is 4.04. The average molecular weight is 250 g/mol. The summed E-state index contributed by atoms with van der Waals surface area (Å²) in [5.41, 5.74) is -0.272. The molecule has 3 atom stereocenters. The second-order valence-electron chi connectivity index (χ2n) is 6.81. The van der Waals surface area contributed by atoms with Gasteiger partial charge in [-0.15, -0.1) is 0 Å². The first-order valence-electron chi connectivity index (χ1n) is 7.26. The quantitative estimate of drug-likeness (QED) is 0.545. The number of esters is 1. The normalized spacial score (nSPS) is 38.6. The van der Waals surface area contributed by atoms with E-state index in [2.05, 4.69) is 27.4 Å². The van der Waals surface area contributed by atoms with Gasteiger partial charge < -0.3 is 4.74 Å². The lowest BCUT2D eigenvalue weighted by Crippen LogP contribution is -2.57. The van der Waals surface area contributed by atoms with E-state index in [0.717, 1.165) is 12.3 Å². The molecule has 3 unspecified atom stereocenters. The van der Waals surface area contributed by atoms with Gasteiger partial charge >= 0.3 is 5.97 Å². The van der Waals surface area contributed by atoms with Gasteiger partial charge in [0.1, 0.15) is 5.60 Å². The molecule has 0 spiro atoms. The van der Waals surface area contributed by atoms with Crippen LogP contribution in [0, 0.1) is 17.3 Å². The Bertz CT molecular complexity index is 345. The zero-order chi connectivity index (χ0) is 13.4. The molecule has 0 aromatic rings. The maximum atomic E-state index is 11.7. The summed E-state index contributed by atoms with van der Waals surface area (Å²) in [6, 6.07) is 0. The molecular weight excluding hydrogens is 224 g/mol. The fourth-order valence-electron chi connectivity index (χ4n) is 4.04. The van der Waals surface area contributed by atoms with Crippen LogP contribution in [0.1, 0.15) is 59.3 Å². The van der Waals surface area contributed by atoms with E-state index in [1.54, 1.807) is 0 Å². The van der Waals surface area contributed by atoms with Gasteiger partial charge in [-0.2, -0.15) is 0 Å². The van der Waals surface area contributed by atoms with Gasteiger partial charge in [-0.25, -0.2) is 4.79 Å². The summed E-state index contributed by atoms with van der Waals surface area (Å²) in [4.78, 5) is 11.7. The number of hydrogen-bond acceptors (Lipinski definition) is 2. The predicted molar refractivity (Wildman–Crippen MR) is 73.2 cm³/mol. The highest BCUT2D eigenvalue weighted by molar-refractivity contribution is 5.81. The predicted octanol–water partition coefficient (Wildman–Crippen LogP) is 4.10. The van der Waals surface area contributed by atoms with Gasteiger partial charge in [0.15, 0.2) is 0 Å². The summed E-state index contributed by atoms with van der Waals surface area (Å²) in [5.74, 6) is 1.00. The molecule has 0 saturated heterocycles. The van der Waals surface area contributed by atoms with Crippen LogP contribution in [0.3, 0.4) is 0 Å². The minimum absolute atomic E-state index is 0.0597. The van der Waals surface area contributed by atoms with Gasteiger partial charge in [-0.1, -0.05) is 39.7 Å². The zero-order valence-electron chi connectivity index (χ0n) is 12.0. The van der Waals surface area contributed by atoms with Crippen LogP contribution in [0.4, 0.5) is 0 Å². The Balaban J connectivity index is 2.29. The Labute approximate surface area is 111 Å². The topological polar surface area (TPSA) is 26.3 Å². The van der Waals surface area contributed by atoms with Gasteiger partial charge in [0.05, 0.1) is 0 Å². The van der Waals surface area contributed by atoms with Crippen molar-refractivity contribution in [2.45, 2.75) is 64.9 Å². The van der Waals surface area contributed by atoms with Crippen molar-refractivity contribution in [1.82, 2.24) is 0 Å². The molecule has 2 aliphatic rings. The first kappa shape index (κ1) is 13.6. The van der Waals surface area contributed by atoms with E-state index in [0.29, 0.717) is 5.92 Å². The summed E-state index contributed by atoms with van der Waals surface area (Å²) >= 11 is 0. The van der Waals surface area contributed by atoms with E-state index in [1.165, 1.54) is 38.2 Å². The molecule has 2 nitrogen and oxygen atoms in total. The van der Waals surface area contributed by atoms with Crippen molar-refractivity contribution in [3.05, 3.63) is 12.7 Å². The first-order chi connectivity index (χ1) is 8.40. The summed E-state index contributed by atoms with van der Waals surface area (Å²) in [7, 11) is 0. The molecule has 2 rings (SSSR count). The number of carbonyl (C=O) groups excluding carboxylic acids is 1. The molecule has 0 aromatic heterocycles. The third-order valence-corrected chi connectivity index (χ3v) is 5.58. The molecule has 2 heteroatoms. The van der Waals surface area contributed by atoms with E-state index >= 15 is 0 Å². The van der Waals surface area contributed by atoms with Crippen molar-refractivity contribution in [3.8, 4) is 0 Å². The minimum atomic E-state index is -0.332. The molecule has 0 aromatic carbocycles. The second kappa shape index (κ2) is 4.71. The van der Waals surface area contributed by atoms with Crippen LogP contribution in [-0.4, -0.2) is 11.6 Å². The standard InChI is InChI=1S/C16H26O2/c1-5-14(17)18-16(4)13-9-7-6-8-12(13)10-11-15(16,2)3/h5,12-13H,1,6-11H2,2-4H3. The Morgan fingerprint density at radius 2 is 1.89 bits per heavy atom. The minimum Gasteiger partial charge on any atom is -0.455 e. The van der Waals surface area contributed by atoms with Crippen LogP contribution in [0.25, 0.3) is 0 Å². The molecule has 102 valence electrons. The van der Waals surface area contributed by atoms with E-state index < -0.39 is 0 Å². The lowest BCUT2D eigenvalue weighted by Gasteiger charge is -2.56. The summed E-state index contributed by atoms with van der Waals surface area (Å²) in [5, 5.41) is 0. The van der Waals surface area contributed by atoms with E-state index in [-0.39, 0.29) is 17.0 Å². The smallest absolute Gasteiger partial charge is 0.330 e. The van der Waals surface area contributed by atoms with Crippen LogP contribution >= 0.6 is 0 Å². The number of rotatable bonds is 2. The highest BCUT2D eigenvalue weighted by atomic mass is 16.6. The Hall–Kier alpha value is -0.790. The maximum Gasteiger partial charge on any atom is 0.330 e. The van der Waals surface area contributed by atoms with E-state index in [1.807, 2.05) is 0 Å². The van der Waals surface area contributed by atoms with Crippen LogP contribution in [0.15, 0.2) is 12.7 Å². The van der Waals surface area contributed by atoms with E-state index in [9.17, 15) is 4.79 Å². The average Bonchev–Trinajstić information content (AvgIpc) is 2.35. The van der Waals surface area contributed by atoms with Crippen molar-refractivity contribution in [2.24, 2.45) is 17.3 Å².